The molecule has 0 aliphatic carbocycles. The van der Waals surface area contributed by atoms with Crippen molar-refractivity contribution in [1.29, 1.82) is 0 Å². The third-order valence-electron chi connectivity index (χ3n) is 0. The summed E-state index contributed by atoms with van der Waals surface area (Å²) < 4.78 is 0. The van der Waals surface area contributed by atoms with Crippen LogP contribution in [0.2, 0.25) is 0 Å². The Hall–Kier alpha value is 10.3. The van der Waals surface area contributed by atoms with Gasteiger partial charge in [-0.1, -0.05) is 0 Å². The van der Waals surface area contributed by atoms with Gasteiger partial charge in [0.25, 0.3) is 0 Å². The van der Waals surface area contributed by atoms with E-state index in [0.717, 1.165) is 0 Å². The summed E-state index contributed by atoms with van der Waals surface area (Å²) in [4.78, 5) is 0. The largest absolute Gasteiger partial charge is 0.335 e. The molecule has 0 rings (SSSR count). The van der Waals surface area contributed by atoms with Gasteiger partial charge in [0.2, 0.25) is 0 Å². The molecule has 0 amide bonds. The van der Waals surface area contributed by atoms with Crippen LogP contribution in [0, 0.1) is 12.3 Å². The normalized spacial score (nSPS) is 2.45. The summed E-state index contributed by atoms with van der Waals surface area (Å²) in [6, 6.07) is 0. The molecular formula is C7H16W15-2. The van der Waals surface area contributed by atoms with Gasteiger partial charge in [-0.3, -0.25) is 0 Å². The van der Waals surface area contributed by atoms with Gasteiger partial charge in [-0.15, -0.1) is 0 Å². The predicted octanol–water partition coefficient (Wildman–Crippen LogP) is 2.81. The van der Waals surface area contributed by atoms with Crippen molar-refractivity contribution in [3.8, 4) is 0 Å². The molecule has 0 saturated carbocycles. The maximum atomic E-state index is 2.08. The Morgan fingerprint density at radius 2 is 0.364 bits per heavy atom. The molecule has 22 heavy (non-hydrogen) atoms. The van der Waals surface area contributed by atoms with Crippen LogP contribution in [0.5, 0.6) is 0 Å². The first-order valence-corrected chi connectivity index (χ1v) is 2.65. The van der Waals surface area contributed by atoms with Crippen LogP contribution in [0.4, 0.5) is 0 Å². The van der Waals surface area contributed by atoms with Crippen LogP contribution < -0.4 is 0 Å². The molecule has 15 heteroatoms. The molecule has 0 nitrogen and oxygen atoms in total. The van der Waals surface area contributed by atoms with Gasteiger partial charge in [0, 0.05) is 316 Å². The van der Waals surface area contributed by atoms with E-state index in [1.54, 1.807) is 0 Å². The van der Waals surface area contributed by atoms with E-state index >= 15 is 0 Å². The second kappa shape index (κ2) is 140. The third kappa shape index (κ3) is 245. The van der Waals surface area contributed by atoms with Gasteiger partial charge in [-0.05, 0) is 0 Å². The van der Waals surface area contributed by atoms with Crippen molar-refractivity contribution >= 4 is 0 Å². The molecule has 0 aromatic heterocycles. The fourth-order valence-electron chi connectivity index (χ4n) is 0. The van der Waals surface area contributed by atoms with Gasteiger partial charge in [0.15, 0.2) is 0 Å². The standard InChI is InChI=1S/C4H9.C3H7.15W/c1-4(2)3;1-3-2;;;;;;;;;;;;;;;/h1-3H3;3H,1-2H3;;;;;;;;;;;;;;;/q2*-1;;;;;;;;;;;;;;;. The Kier molecular flexibility index (Phi) is 862. The van der Waals surface area contributed by atoms with E-state index in [4.69, 9.17) is 0 Å². The molecule has 0 atom stereocenters. The zero-order valence-corrected chi connectivity index (χ0v) is 56.2. The van der Waals surface area contributed by atoms with Crippen LogP contribution in [-0.4, -0.2) is 0 Å². The van der Waals surface area contributed by atoms with Crippen LogP contribution >= 0.6 is 0 Å². The SMILES string of the molecule is C[C-](C)C.C[CH-]C.[W].[W].[W].[W].[W].[W].[W].[W].[W].[W].[W].[W].[W].[W].[W]. The van der Waals surface area contributed by atoms with Crippen LogP contribution in [-0.2, 0) is 316 Å². The minimum Gasteiger partial charge on any atom is -0.335 e. The molecule has 0 fully saturated rings. The molecule has 0 aliphatic rings. The van der Waals surface area contributed by atoms with E-state index in [1.165, 1.54) is 5.92 Å². The minimum atomic E-state index is 0. The van der Waals surface area contributed by atoms with Crippen molar-refractivity contribution in [3.05, 3.63) is 12.3 Å². The topological polar surface area (TPSA) is 0 Å². The molecule has 0 heterocycles. The van der Waals surface area contributed by atoms with E-state index in [2.05, 4.69) is 20.8 Å². The molecule has 0 aliphatic heterocycles. The molecule has 0 saturated heterocycles. The number of hydrogen-bond donors (Lipinski definition) is 0. The molecule has 136 valence electrons. The first-order chi connectivity index (χ1) is 3.15. The van der Waals surface area contributed by atoms with Crippen molar-refractivity contribution in [2.45, 2.75) is 34.6 Å². The molecule has 0 spiro atoms. The number of rotatable bonds is 0. The van der Waals surface area contributed by atoms with E-state index in [9.17, 15) is 0 Å². The fourth-order valence-corrected chi connectivity index (χ4v) is 0. The predicted molar refractivity (Wildman–Crippen MR) is 35.9 cm³/mol. The molecule has 0 radical (unpaired) electrons. The van der Waals surface area contributed by atoms with E-state index < -0.39 is 0 Å². The maximum Gasteiger partial charge on any atom is 0 e. The quantitative estimate of drug-likeness (QED) is 0.328. The Bertz CT molecular complexity index is 31.1. The molecule has 0 aromatic carbocycles. The van der Waals surface area contributed by atoms with Crippen molar-refractivity contribution in [3.63, 3.8) is 0 Å². The monoisotopic (exact) mass is 2860 g/mol. The Morgan fingerprint density at radius 1 is 0.364 bits per heavy atom. The van der Waals surface area contributed by atoms with Gasteiger partial charge in [0.1, 0.15) is 0 Å². The van der Waals surface area contributed by atoms with Crippen molar-refractivity contribution in [2.24, 2.45) is 0 Å². The molecule has 0 bridgehead atoms. The zero-order chi connectivity index (χ0) is 6.28. The smallest absolute Gasteiger partial charge is 0 e. The summed E-state index contributed by atoms with van der Waals surface area (Å²) in [5.41, 5.74) is 0. The van der Waals surface area contributed by atoms with E-state index in [-0.39, 0.29) is 316 Å². The average Bonchev–Trinajstić information content (AvgIpc) is 1.33. The zero-order valence-electron chi connectivity index (χ0n) is 12.2. The molecule has 0 N–H and O–H groups in total. The molecule has 0 unspecified atom stereocenters. The van der Waals surface area contributed by atoms with Crippen LogP contribution in [0.25, 0.3) is 0 Å². The van der Waals surface area contributed by atoms with Crippen molar-refractivity contribution < 1.29 is 316 Å². The van der Waals surface area contributed by atoms with Crippen LogP contribution in [0.1, 0.15) is 34.6 Å². The Labute approximate surface area is 354 Å². The van der Waals surface area contributed by atoms with E-state index in [1.807, 2.05) is 20.3 Å². The van der Waals surface area contributed by atoms with Crippen molar-refractivity contribution in [2.75, 3.05) is 0 Å². The summed E-state index contributed by atoms with van der Waals surface area (Å²) in [6.07, 6.45) is 2.00. The Morgan fingerprint density at radius 3 is 0.364 bits per heavy atom. The Balaban J connectivity index is -0.000000000906. The summed E-state index contributed by atoms with van der Waals surface area (Å²) >= 11 is 0. The average molecular weight is 2860 g/mol. The fraction of sp³-hybridized carbons (Fsp3) is 0.714. The van der Waals surface area contributed by atoms with E-state index in [0.29, 0.717) is 0 Å². The maximum absolute atomic E-state index is 2.08. The summed E-state index contributed by atoms with van der Waals surface area (Å²) in [7, 11) is 0. The summed E-state index contributed by atoms with van der Waals surface area (Å²) in [5.74, 6) is 1.42. The van der Waals surface area contributed by atoms with Crippen LogP contribution in [0.3, 0.4) is 0 Å². The van der Waals surface area contributed by atoms with Gasteiger partial charge in [0.05, 0.1) is 0 Å². The summed E-state index contributed by atoms with van der Waals surface area (Å²) in [6.45, 7) is 10.2. The minimum absolute atomic E-state index is 0. The second-order valence-corrected chi connectivity index (χ2v) is 2.08. The first-order valence-electron chi connectivity index (χ1n) is 2.65. The molecule has 0 aromatic rings. The van der Waals surface area contributed by atoms with Crippen LogP contribution in [0.15, 0.2) is 0 Å². The first kappa shape index (κ1) is 135. The van der Waals surface area contributed by atoms with Crippen molar-refractivity contribution in [1.82, 2.24) is 0 Å². The van der Waals surface area contributed by atoms with Gasteiger partial charge in [-0.2, -0.15) is 34.6 Å². The second-order valence-electron chi connectivity index (χ2n) is 2.08. The van der Waals surface area contributed by atoms with Gasteiger partial charge >= 0.3 is 0 Å². The number of hydrogen-bond acceptors (Lipinski definition) is 0. The third-order valence-corrected chi connectivity index (χ3v) is 0. The molecular weight excluding hydrogens is 2840 g/mol. The van der Waals surface area contributed by atoms with Gasteiger partial charge < -0.3 is 12.3 Å². The van der Waals surface area contributed by atoms with Gasteiger partial charge in [-0.25, -0.2) is 0 Å². The summed E-state index contributed by atoms with van der Waals surface area (Å²) in [5, 5.41) is 0.